The van der Waals surface area contributed by atoms with E-state index in [4.69, 9.17) is 5.11 Å². The Morgan fingerprint density at radius 3 is 2.92 bits per heavy atom. The molecule has 1 rings (SSSR count). The highest BCUT2D eigenvalue weighted by atomic mass is 32.1. The molecule has 13 heavy (non-hydrogen) atoms. The molecule has 0 aliphatic rings. The average molecular weight is 200 g/mol. The van der Waals surface area contributed by atoms with Crippen molar-refractivity contribution in [3.8, 4) is 0 Å². The molecule has 0 spiro atoms. The predicted octanol–water partition coefficient (Wildman–Crippen LogP) is 0.968. The van der Waals surface area contributed by atoms with Gasteiger partial charge in [-0.25, -0.2) is 4.98 Å². The molecule has 0 bridgehead atoms. The molecule has 0 atom stereocenters. The van der Waals surface area contributed by atoms with Crippen molar-refractivity contribution in [1.29, 1.82) is 0 Å². The summed E-state index contributed by atoms with van der Waals surface area (Å²) in [6.45, 7) is 2.58. The molecule has 5 heteroatoms. The maximum absolute atomic E-state index is 10.3. The van der Waals surface area contributed by atoms with Gasteiger partial charge in [0.05, 0.1) is 13.1 Å². The van der Waals surface area contributed by atoms with Gasteiger partial charge in [-0.05, 0) is 14.0 Å². The van der Waals surface area contributed by atoms with E-state index < -0.39 is 5.97 Å². The van der Waals surface area contributed by atoms with Crippen LogP contribution in [0, 0.1) is 6.92 Å². The van der Waals surface area contributed by atoms with Gasteiger partial charge in [-0.15, -0.1) is 11.3 Å². The zero-order valence-electron chi connectivity index (χ0n) is 7.65. The van der Waals surface area contributed by atoms with Crippen molar-refractivity contribution in [3.63, 3.8) is 0 Å². The summed E-state index contributed by atoms with van der Waals surface area (Å²) in [5.74, 6) is -0.809. The van der Waals surface area contributed by atoms with Crippen LogP contribution in [0.1, 0.15) is 10.7 Å². The first-order chi connectivity index (χ1) is 6.08. The monoisotopic (exact) mass is 200 g/mol. The summed E-state index contributed by atoms with van der Waals surface area (Å²) < 4.78 is 0. The summed E-state index contributed by atoms with van der Waals surface area (Å²) in [5.41, 5.74) is 0.990. The molecule has 0 unspecified atom stereocenters. The third kappa shape index (κ3) is 3.52. The number of rotatable bonds is 4. The Hall–Kier alpha value is -0.940. The number of thiazole rings is 1. The molecule has 4 nitrogen and oxygen atoms in total. The van der Waals surface area contributed by atoms with Gasteiger partial charge in [0.25, 0.3) is 0 Å². The average Bonchev–Trinajstić information content (AvgIpc) is 2.33. The van der Waals surface area contributed by atoms with Gasteiger partial charge in [-0.3, -0.25) is 9.69 Å². The number of aliphatic carboxylic acids is 1. The van der Waals surface area contributed by atoms with Crippen molar-refractivity contribution in [3.05, 3.63) is 16.1 Å². The highest BCUT2D eigenvalue weighted by Gasteiger charge is 2.06. The van der Waals surface area contributed by atoms with Crippen LogP contribution in [-0.2, 0) is 11.3 Å². The number of aromatic nitrogens is 1. The first-order valence-corrected chi connectivity index (χ1v) is 4.77. The number of hydrogen-bond acceptors (Lipinski definition) is 4. The van der Waals surface area contributed by atoms with Crippen LogP contribution in [-0.4, -0.2) is 34.6 Å². The van der Waals surface area contributed by atoms with Crippen molar-refractivity contribution < 1.29 is 9.90 Å². The Balaban J connectivity index is 2.44. The Morgan fingerprint density at radius 2 is 2.46 bits per heavy atom. The molecule has 1 heterocycles. The highest BCUT2D eigenvalue weighted by molar-refractivity contribution is 7.09. The Morgan fingerprint density at radius 1 is 1.77 bits per heavy atom. The second-order valence-electron chi connectivity index (χ2n) is 2.95. The van der Waals surface area contributed by atoms with E-state index >= 15 is 0 Å². The van der Waals surface area contributed by atoms with Crippen LogP contribution in [0.25, 0.3) is 0 Å². The third-order valence-corrected chi connectivity index (χ3v) is 2.43. The van der Waals surface area contributed by atoms with Crippen LogP contribution >= 0.6 is 11.3 Å². The van der Waals surface area contributed by atoms with Gasteiger partial charge >= 0.3 is 5.97 Å². The van der Waals surface area contributed by atoms with Gasteiger partial charge in [0.15, 0.2) is 0 Å². The third-order valence-electron chi connectivity index (χ3n) is 1.48. The molecule has 0 amide bonds. The predicted molar refractivity (Wildman–Crippen MR) is 50.8 cm³/mol. The number of carboxylic acid groups (broad SMARTS) is 1. The Bertz CT molecular complexity index is 298. The quantitative estimate of drug-likeness (QED) is 0.786. The second kappa shape index (κ2) is 4.34. The van der Waals surface area contributed by atoms with Crippen LogP contribution in [0.3, 0.4) is 0 Å². The molecule has 0 aliphatic carbocycles. The standard InChI is InChI=1S/C8H12N2O2S/c1-6-5-13-7(9-6)3-10(2)4-8(11)12/h5H,3-4H2,1-2H3,(H,11,12). The number of carbonyl (C=O) groups is 1. The first-order valence-electron chi connectivity index (χ1n) is 3.89. The SMILES string of the molecule is Cc1csc(CN(C)CC(=O)O)n1. The lowest BCUT2D eigenvalue weighted by atomic mass is 10.5. The summed E-state index contributed by atoms with van der Waals surface area (Å²) in [6, 6.07) is 0. The minimum atomic E-state index is -0.809. The zero-order chi connectivity index (χ0) is 9.84. The van der Waals surface area contributed by atoms with Crippen LogP contribution < -0.4 is 0 Å². The molecule has 1 aromatic heterocycles. The molecule has 0 aliphatic heterocycles. The fourth-order valence-electron chi connectivity index (χ4n) is 0.993. The van der Waals surface area contributed by atoms with Crippen LogP contribution in [0.2, 0.25) is 0 Å². The summed E-state index contributed by atoms with van der Waals surface area (Å²) in [6.07, 6.45) is 0. The van der Waals surface area contributed by atoms with E-state index in [0.29, 0.717) is 6.54 Å². The summed E-state index contributed by atoms with van der Waals surface area (Å²) >= 11 is 1.56. The molecule has 1 aromatic rings. The van der Waals surface area contributed by atoms with E-state index in [2.05, 4.69) is 4.98 Å². The fourth-order valence-corrected chi connectivity index (χ4v) is 1.84. The summed E-state index contributed by atoms with van der Waals surface area (Å²) in [5, 5.41) is 11.4. The molecular formula is C8H12N2O2S. The van der Waals surface area contributed by atoms with E-state index in [9.17, 15) is 4.79 Å². The zero-order valence-corrected chi connectivity index (χ0v) is 8.47. The summed E-state index contributed by atoms with van der Waals surface area (Å²) in [4.78, 5) is 16.3. The first kappa shape index (κ1) is 10.1. The van der Waals surface area contributed by atoms with E-state index in [1.165, 1.54) is 0 Å². The molecule has 0 saturated carbocycles. The maximum Gasteiger partial charge on any atom is 0.317 e. The van der Waals surface area contributed by atoms with Crippen molar-refractivity contribution >= 4 is 17.3 Å². The molecule has 0 saturated heterocycles. The minimum Gasteiger partial charge on any atom is -0.480 e. The number of carboxylic acids is 1. The van der Waals surface area contributed by atoms with E-state index in [1.807, 2.05) is 12.3 Å². The molecule has 0 fully saturated rings. The van der Waals surface area contributed by atoms with Gasteiger partial charge in [0.2, 0.25) is 0 Å². The maximum atomic E-state index is 10.3. The molecule has 0 aromatic carbocycles. The number of nitrogens with zero attached hydrogens (tertiary/aromatic N) is 2. The van der Waals surface area contributed by atoms with Gasteiger partial charge < -0.3 is 5.11 Å². The molecule has 72 valence electrons. The van der Waals surface area contributed by atoms with E-state index in [0.717, 1.165) is 10.7 Å². The number of aryl methyl sites for hydroxylation is 1. The summed E-state index contributed by atoms with van der Waals surface area (Å²) in [7, 11) is 1.77. The topological polar surface area (TPSA) is 53.4 Å². The lowest BCUT2D eigenvalue weighted by molar-refractivity contribution is -0.138. The smallest absolute Gasteiger partial charge is 0.317 e. The number of hydrogen-bond donors (Lipinski definition) is 1. The lowest BCUT2D eigenvalue weighted by Crippen LogP contribution is -2.24. The second-order valence-corrected chi connectivity index (χ2v) is 3.89. The van der Waals surface area contributed by atoms with Gasteiger partial charge in [0.1, 0.15) is 5.01 Å². The molecular weight excluding hydrogens is 188 g/mol. The van der Waals surface area contributed by atoms with Crippen LogP contribution in [0.5, 0.6) is 0 Å². The molecule has 1 N–H and O–H groups in total. The minimum absolute atomic E-state index is 0.0542. The van der Waals surface area contributed by atoms with Gasteiger partial charge in [-0.2, -0.15) is 0 Å². The van der Waals surface area contributed by atoms with Crippen LogP contribution in [0.4, 0.5) is 0 Å². The highest BCUT2D eigenvalue weighted by Crippen LogP contribution is 2.10. The number of likely N-dealkylation sites (N-methyl/N-ethyl adjacent to an activating group) is 1. The Labute approximate surface area is 80.8 Å². The van der Waals surface area contributed by atoms with Crippen molar-refractivity contribution in [2.45, 2.75) is 13.5 Å². The van der Waals surface area contributed by atoms with Gasteiger partial charge in [0, 0.05) is 11.1 Å². The fraction of sp³-hybridized carbons (Fsp3) is 0.500. The van der Waals surface area contributed by atoms with Crippen LogP contribution in [0.15, 0.2) is 5.38 Å². The Kier molecular flexibility index (Phi) is 3.39. The molecule has 0 radical (unpaired) electrons. The van der Waals surface area contributed by atoms with E-state index in [-0.39, 0.29) is 6.54 Å². The van der Waals surface area contributed by atoms with Crippen molar-refractivity contribution in [1.82, 2.24) is 9.88 Å². The normalized spacial score (nSPS) is 10.7. The van der Waals surface area contributed by atoms with E-state index in [1.54, 1.807) is 23.3 Å². The van der Waals surface area contributed by atoms with Crippen molar-refractivity contribution in [2.75, 3.05) is 13.6 Å². The van der Waals surface area contributed by atoms with Gasteiger partial charge in [-0.1, -0.05) is 0 Å². The largest absolute Gasteiger partial charge is 0.480 e. The van der Waals surface area contributed by atoms with Crippen molar-refractivity contribution in [2.24, 2.45) is 0 Å². The lowest BCUT2D eigenvalue weighted by Gasteiger charge is -2.10.